The standard InChI is InChI=1S/C4H9N2OS/c1-3-5-4(7)6-8-2/h3H2,1-2H3,(H,5,7). The SMILES string of the molecule is CCNC(=O)[N]SC. The maximum Gasteiger partial charge on any atom is 0.347 e. The molecule has 0 aliphatic carbocycles. The van der Waals surface area contributed by atoms with Gasteiger partial charge in [-0.1, -0.05) is 0 Å². The molecule has 0 spiro atoms. The molecule has 0 heterocycles. The van der Waals surface area contributed by atoms with E-state index in [0.29, 0.717) is 6.54 Å². The van der Waals surface area contributed by atoms with Crippen LogP contribution >= 0.6 is 11.9 Å². The summed E-state index contributed by atoms with van der Waals surface area (Å²) in [4.78, 5) is 10.3. The van der Waals surface area contributed by atoms with Crippen molar-refractivity contribution in [1.29, 1.82) is 0 Å². The highest BCUT2D eigenvalue weighted by atomic mass is 32.2. The van der Waals surface area contributed by atoms with E-state index in [9.17, 15) is 4.79 Å². The fourth-order valence-electron chi connectivity index (χ4n) is 0.266. The highest BCUT2D eigenvalue weighted by Crippen LogP contribution is 1.83. The first-order chi connectivity index (χ1) is 3.81. The lowest BCUT2D eigenvalue weighted by molar-refractivity contribution is 0.246. The van der Waals surface area contributed by atoms with Gasteiger partial charge in [-0.15, -0.1) is 0 Å². The van der Waals surface area contributed by atoms with Crippen molar-refractivity contribution in [3.63, 3.8) is 0 Å². The Hall–Kier alpha value is -0.380. The molecule has 1 N–H and O–H groups in total. The number of rotatable bonds is 2. The van der Waals surface area contributed by atoms with Crippen molar-refractivity contribution < 1.29 is 4.79 Å². The number of amides is 2. The van der Waals surface area contributed by atoms with Gasteiger partial charge in [0.05, 0.1) is 0 Å². The normalized spacial score (nSPS) is 8.25. The summed E-state index contributed by atoms with van der Waals surface area (Å²) in [6.07, 6.45) is 1.75. The molecule has 1 radical (unpaired) electrons. The first-order valence-corrected chi connectivity index (χ1v) is 3.51. The van der Waals surface area contributed by atoms with Gasteiger partial charge in [-0.2, -0.15) is 4.72 Å². The van der Waals surface area contributed by atoms with Crippen LogP contribution in [0.15, 0.2) is 0 Å². The van der Waals surface area contributed by atoms with Gasteiger partial charge in [-0.3, -0.25) is 0 Å². The lowest BCUT2D eigenvalue weighted by Crippen LogP contribution is -2.26. The van der Waals surface area contributed by atoms with Gasteiger partial charge in [0.25, 0.3) is 0 Å². The average Bonchev–Trinajstić information content (AvgIpc) is 1.68. The summed E-state index contributed by atoms with van der Waals surface area (Å²) in [5, 5.41) is 2.52. The largest absolute Gasteiger partial charge is 0.347 e. The van der Waals surface area contributed by atoms with E-state index < -0.39 is 0 Å². The molecule has 0 bridgehead atoms. The van der Waals surface area contributed by atoms with E-state index >= 15 is 0 Å². The van der Waals surface area contributed by atoms with Crippen LogP contribution in [0.4, 0.5) is 4.79 Å². The lowest BCUT2D eigenvalue weighted by Gasteiger charge is -1.95. The maximum atomic E-state index is 10.3. The molecule has 3 nitrogen and oxygen atoms in total. The molecule has 8 heavy (non-hydrogen) atoms. The predicted octanol–water partition coefficient (Wildman–Crippen LogP) is 0.598. The van der Waals surface area contributed by atoms with Gasteiger partial charge in [-0.05, 0) is 18.9 Å². The second-order valence-electron chi connectivity index (χ2n) is 1.11. The zero-order valence-electron chi connectivity index (χ0n) is 4.97. The summed E-state index contributed by atoms with van der Waals surface area (Å²) in [6.45, 7) is 2.50. The maximum absolute atomic E-state index is 10.3. The van der Waals surface area contributed by atoms with Crippen LogP contribution in [0.5, 0.6) is 0 Å². The fraction of sp³-hybridized carbons (Fsp3) is 0.750. The van der Waals surface area contributed by atoms with Gasteiger partial charge in [0, 0.05) is 12.8 Å². The third kappa shape index (κ3) is 3.80. The average molecular weight is 133 g/mol. The molecule has 0 aromatic heterocycles. The Labute approximate surface area is 53.4 Å². The molecule has 0 rings (SSSR count). The first-order valence-electron chi connectivity index (χ1n) is 2.33. The Balaban J connectivity index is 3.06. The van der Waals surface area contributed by atoms with Crippen LogP contribution < -0.4 is 10.0 Å². The van der Waals surface area contributed by atoms with E-state index in [0.717, 1.165) is 11.9 Å². The zero-order valence-corrected chi connectivity index (χ0v) is 5.79. The summed E-state index contributed by atoms with van der Waals surface area (Å²) in [5.74, 6) is 0. The number of urea groups is 1. The van der Waals surface area contributed by atoms with Gasteiger partial charge in [0.15, 0.2) is 0 Å². The summed E-state index contributed by atoms with van der Waals surface area (Å²) in [5.41, 5.74) is 0. The summed E-state index contributed by atoms with van der Waals surface area (Å²) >= 11 is 1.16. The topological polar surface area (TPSA) is 43.2 Å². The number of hydrogen-bond donors (Lipinski definition) is 1. The molecule has 0 aromatic carbocycles. The van der Waals surface area contributed by atoms with E-state index in [1.165, 1.54) is 0 Å². The predicted molar refractivity (Wildman–Crippen MR) is 34.7 cm³/mol. The second kappa shape index (κ2) is 4.77. The van der Waals surface area contributed by atoms with Crippen LogP contribution in [-0.2, 0) is 0 Å². The van der Waals surface area contributed by atoms with Crippen LogP contribution in [0.2, 0.25) is 0 Å². The highest BCUT2D eigenvalue weighted by molar-refractivity contribution is 7.97. The fourth-order valence-corrected chi connectivity index (χ4v) is 0.497. The Bertz CT molecular complexity index is 68.4. The molecular weight excluding hydrogens is 124 g/mol. The van der Waals surface area contributed by atoms with Crippen LogP contribution in [0.25, 0.3) is 0 Å². The number of carbonyl (C=O) groups excluding carboxylic acids is 1. The van der Waals surface area contributed by atoms with Crippen molar-refractivity contribution in [1.82, 2.24) is 10.0 Å². The van der Waals surface area contributed by atoms with Crippen LogP contribution in [-0.4, -0.2) is 18.8 Å². The summed E-state index contributed by atoms with van der Waals surface area (Å²) in [6, 6.07) is -0.250. The molecule has 0 saturated carbocycles. The number of carbonyl (C=O) groups is 1. The van der Waals surface area contributed by atoms with E-state index in [-0.39, 0.29) is 6.03 Å². The molecule has 47 valence electrons. The third-order valence-corrected chi connectivity index (χ3v) is 0.851. The molecule has 4 heteroatoms. The molecule has 2 amide bonds. The van der Waals surface area contributed by atoms with Crippen molar-refractivity contribution in [2.75, 3.05) is 12.8 Å². The Morgan fingerprint density at radius 3 is 2.88 bits per heavy atom. The first kappa shape index (κ1) is 7.62. The zero-order chi connectivity index (χ0) is 6.41. The third-order valence-electron chi connectivity index (χ3n) is 0.502. The molecule has 0 aromatic rings. The minimum absolute atomic E-state index is 0.250. The molecule has 0 atom stereocenters. The molecule has 0 unspecified atom stereocenters. The monoisotopic (exact) mass is 133 g/mol. The van der Waals surface area contributed by atoms with E-state index in [2.05, 4.69) is 10.0 Å². The Morgan fingerprint density at radius 1 is 1.88 bits per heavy atom. The number of hydrogen-bond acceptors (Lipinski definition) is 2. The smallest absolute Gasteiger partial charge is 0.336 e. The van der Waals surface area contributed by atoms with Gasteiger partial charge in [-0.25, -0.2) is 4.79 Å². The second-order valence-corrected chi connectivity index (χ2v) is 1.66. The minimum Gasteiger partial charge on any atom is -0.336 e. The van der Waals surface area contributed by atoms with Crippen LogP contribution in [0, 0.1) is 0 Å². The Kier molecular flexibility index (Phi) is 4.54. The van der Waals surface area contributed by atoms with Crippen LogP contribution in [0.1, 0.15) is 6.92 Å². The number of nitrogens with zero attached hydrogens (tertiary/aromatic N) is 1. The minimum atomic E-state index is -0.250. The van der Waals surface area contributed by atoms with Gasteiger partial charge in [0.2, 0.25) is 0 Å². The van der Waals surface area contributed by atoms with E-state index in [1.54, 1.807) is 6.26 Å². The van der Waals surface area contributed by atoms with Gasteiger partial charge in [0.1, 0.15) is 0 Å². The van der Waals surface area contributed by atoms with Crippen molar-refractivity contribution >= 4 is 18.0 Å². The highest BCUT2D eigenvalue weighted by Gasteiger charge is 1.94. The van der Waals surface area contributed by atoms with E-state index in [4.69, 9.17) is 0 Å². The van der Waals surface area contributed by atoms with Gasteiger partial charge < -0.3 is 5.32 Å². The van der Waals surface area contributed by atoms with Crippen molar-refractivity contribution in [2.24, 2.45) is 0 Å². The summed E-state index contributed by atoms with van der Waals surface area (Å²) in [7, 11) is 0. The molecule has 0 aliphatic rings. The molecular formula is C4H9N2OS. The molecule has 0 fully saturated rings. The van der Waals surface area contributed by atoms with Crippen molar-refractivity contribution in [3.05, 3.63) is 0 Å². The quantitative estimate of drug-likeness (QED) is 0.560. The van der Waals surface area contributed by atoms with Crippen molar-refractivity contribution in [3.8, 4) is 0 Å². The molecule has 0 saturated heterocycles. The van der Waals surface area contributed by atoms with Gasteiger partial charge >= 0.3 is 6.03 Å². The van der Waals surface area contributed by atoms with Crippen LogP contribution in [0.3, 0.4) is 0 Å². The van der Waals surface area contributed by atoms with E-state index in [1.807, 2.05) is 6.92 Å². The van der Waals surface area contributed by atoms with Crippen molar-refractivity contribution in [2.45, 2.75) is 6.92 Å². The number of nitrogens with one attached hydrogen (secondary N) is 1. The molecule has 0 aliphatic heterocycles. The Morgan fingerprint density at radius 2 is 2.50 bits per heavy atom. The lowest BCUT2D eigenvalue weighted by atomic mass is 10.7. The summed E-state index contributed by atoms with van der Waals surface area (Å²) < 4.78 is 3.48.